The number of benzene rings is 2. The number of carboxylic acids is 1. The van der Waals surface area contributed by atoms with Gasteiger partial charge in [-0.05, 0) is 17.2 Å². The molecule has 1 unspecified atom stereocenters. The van der Waals surface area contributed by atoms with Crippen LogP contribution < -0.4 is 5.32 Å². The molecule has 7 nitrogen and oxygen atoms in total. The Morgan fingerprint density at radius 2 is 1.87 bits per heavy atom. The van der Waals surface area contributed by atoms with Crippen LogP contribution in [0, 0.1) is 0 Å². The third kappa shape index (κ3) is 3.57. The molecule has 0 spiro atoms. The molecule has 2 heterocycles. The molecule has 156 valence electrons. The number of likely N-dealkylation sites (tertiary alicyclic amines) is 1. The maximum Gasteiger partial charge on any atom is 0.336 e. The first kappa shape index (κ1) is 20.1. The van der Waals surface area contributed by atoms with Gasteiger partial charge in [-0.2, -0.15) is 0 Å². The first-order chi connectivity index (χ1) is 14.4. The van der Waals surface area contributed by atoms with Crippen molar-refractivity contribution in [1.82, 2.24) is 10.2 Å². The molecule has 2 aromatic carbocycles. The predicted molar refractivity (Wildman–Crippen MR) is 109 cm³/mol. The fourth-order valence-electron chi connectivity index (χ4n) is 4.77. The van der Waals surface area contributed by atoms with Crippen LogP contribution >= 0.6 is 0 Å². The second-order valence-corrected chi connectivity index (χ2v) is 7.87. The fraction of sp³-hybridized carbons (Fsp3) is 0.348. The lowest BCUT2D eigenvalue weighted by molar-refractivity contribution is -0.149. The minimum atomic E-state index is -1.03. The van der Waals surface area contributed by atoms with E-state index in [1.54, 1.807) is 29.2 Å². The number of piperidine rings is 1. The molecule has 30 heavy (non-hydrogen) atoms. The summed E-state index contributed by atoms with van der Waals surface area (Å²) in [5.74, 6) is -1.46. The van der Waals surface area contributed by atoms with Crippen LogP contribution in [0.5, 0.6) is 0 Å². The predicted octanol–water partition coefficient (Wildman–Crippen LogP) is 2.31. The van der Waals surface area contributed by atoms with Crippen molar-refractivity contribution in [3.63, 3.8) is 0 Å². The highest BCUT2D eigenvalue weighted by Gasteiger charge is 2.56. The van der Waals surface area contributed by atoms with Crippen molar-refractivity contribution >= 4 is 17.8 Å². The molecular weight excluding hydrogens is 384 g/mol. The second-order valence-electron chi connectivity index (χ2n) is 7.87. The first-order valence-corrected chi connectivity index (χ1v) is 9.99. The number of esters is 1. The van der Waals surface area contributed by atoms with Crippen molar-refractivity contribution in [1.29, 1.82) is 0 Å². The number of amides is 1. The van der Waals surface area contributed by atoms with Crippen molar-refractivity contribution in [3.8, 4) is 0 Å². The third-order valence-corrected chi connectivity index (χ3v) is 5.99. The van der Waals surface area contributed by atoms with Gasteiger partial charge in [-0.25, -0.2) is 4.79 Å². The second kappa shape index (κ2) is 7.91. The van der Waals surface area contributed by atoms with Gasteiger partial charge in [0.05, 0.1) is 23.6 Å². The monoisotopic (exact) mass is 408 g/mol. The van der Waals surface area contributed by atoms with E-state index < -0.39 is 11.5 Å². The van der Waals surface area contributed by atoms with Crippen molar-refractivity contribution < 1.29 is 24.2 Å². The molecule has 2 fully saturated rings. The summed E-state index contributed by atoms with van der Waals surface area (Å²) in [6, 6.07) is 16.1. The van der Waals surface area contributed by atoms with Crippen LogP contribution in [0.1, 0.15) is 41.3 Å². The summed E-state index contributed by atoms with van der Waals surface area (Å²) in [5.41, 5.74) is 0.906. The normalized spacial score (nSPS) is 25.6. The van der Waals surface area contributed by atoms with Gasteiger partial charge in [-0.3, -0.25) is 9.59 Å². The van der Waals surface area contributed by atoms with E-state index in [0.717, 1.165) is 5.56 Å². The Bertz CT molecular complexity index is 977. The van der Waals surface area contributed by atoms with Crippen molar-refractivity contribution in [2.45, 2.75) is 44.0 Å². The molecule has 1 amide bonds. The van der Waals surface area contributed by atoms with E-state index >= 15 is 0 Å². The van der Waals surface area contributed by atoms with E-state index in [9.17, 15) is 19.5 Å². The van der Waals surface area contributed by atoms with Crippen LogP contribution in [0.3, 0.4) is 0 Å². The number of hydrogen-bond acceptors (Lipinski definition) is 5. The minimum Gasteiger partial charge on any atom is -0.478 e. The molecule has 0 aliphatic carbocycles. The summed E-state index contributed by atoms with van der Waals surface area (Å²) in [6.07, 6.45) is 0.211. The molecule has 2 saturated heterocycles. The average molecular weight is 408 g/mol. The van der Waals surface area contributed by atoms with E-state index in [4.69, 9.17) is 4.74 Å². The topological polar surface area (TPSA) is 95.9 Å². The number of fused-ring (bicyclic) bond motifs is 1. The van der Waals surface area contributed by atoms with Gasteiger partial charge >= 0.3 is 11.9 Å². The number of hydrogen-bond donors (Lipinski definition) is 2. The molecule has 4 rings (SSSR count). The van der Waals surface area contributed by atoms with Gasteiger partial charge in [-0.15, -0.1) is 0 Å². The summed E-state index contributed by atoms with van der Waals surface area (Å²) in [7, 11) is 0. The van der Waals surface area contributed by atoms with E-state index in [0.29, 0.717) is 25.1 Å². The van der Waals surface area contributed by atoms with E-state index in [2.05, 4.69) is 5.32 Å². The Morgan fingerprint density at radius 1 is 1.17 bits per heavy atom. The van der Waals surface area contributed by atoms with Crippen LogP contribution in [0.15, 0.2) is 54.6 Å². The number of rotatable bonds is 5. The van der Waals surface area contributed by atoms with Gasteiger partial charge in [0.15, 0.2) is 0 Å². The van der Waals surface area contributed by atoms with Crippen LogP contribution in [0.2, 0.25) is 0 Å². The Balaban J connectivity index is 1.76. The first-order valence-electron chi connectivity index (χ1n) is 9.99. The lowest BCUT2D eigenvalue weighted by Crippen LogP contribution is -2.60. The van der Waals surface area contributed by atoms with Crippen LogP contribution in [-0.2, 0) is 26.4 Å². The lowest BCUT2D eigenvalue weighted by Gasteiger charge is -2.45. The number of carbonyl (C=O) groups is 3. The smallest absolute Gasteiger partial charge is 0.336 e. The number of ether oxygens (including phenoxy) is 1. The van der Waals surface area contributed by atoms with Gasteiger partial charge in [0.25, 0.3) is 0 Å². The van der Waals surface area contributed by atoms with Gasteiger partial charge < -0.3 is 20.1 Å². The highest BCUT2D eigenvalue weighted by atomic mass is 16.5. The quantitative estimate of drug-likeness (QED) is 0.737. The number of nitrogens with one attached hydrogen (secondary N) is 1. The fourth-order valence-corrected chi connectivity index (χ4v) is 4.77. The van der Waals surface area contributed by atoms with Gasteiger partial charge in [0.2, 0.25) is 5.91 Å². The Hall–Kier alpha value is -3.19. The summed E-state index contributed by atoms with van der Waals surface area (Å²) in [6.45, 7) is 2.13. The molecule has 2 aliphatic heterocycles. The number of carbonyl (C=O) groups excluding carboxylic acids is 2. The van der Waals surface area contributed by atoms with Crippen LogP contribution in [0.4, 0.5) is 0 Å². The Labute approximate surface area is 174 Å². The average Bonchev–Trinajstić information content (AvgIpc) is 3.00. The largest absolute Gasteiger partial charge is 0.478 e. The highest BCUT2D eigenvalue weighted by Crippen LogP contribution is 2.45. The summed E-state index contributed by atoms with van der Waals surface area (Å²) in [5, 5.41) is 13.2. The van der Waals surface area contributed by atoms with E-state index in [-0.39, 0.29) is 36.0 Å². The molecular formula is C23H24N2O5. The summed E-state index contributed by atoms with van der Waals surface area (Å²) >= 11 is 0. The molecule has 3 atom stereocenters. The maximum absolute atomic E-state index is 13.2. The van der Waals surface area contributed by atoms with Crippen molar-refractivity contribution in [3.05, 3.63) is 71.3 Å². The van der Waals surface area contributed by atoms with Crippen LogP contribution in [0.25, 0.3) is 0 Å². The molecule has 0 bridgehead atoms. The van der Waals surface area contributed by atoms with Crippen LogP contribution in [-0.4, -0.2) is 46.5 Å². The zero-order valence-electron chi connectivity index (χ0n) is 16.7. The molecule has 2 N–H and O–H groups in total. The lowest BCUT2D eigenvalue weighted by atomic mass is 9.75. The number of carboxylic acid groups (broad SMARTS) is 1. The number of nitrogens with zero attached hydrogens (tertiary/aromatic N) is 1. The van der Waals surface area contributed by atoms with Crippen molar-refractivity contribution in [2.75, 3.05) is 6.54 Å². The summed E-state index contributed by atoms with van der Waals surface area (Å²) in [4.78, 5) is 38.4. The molecule has 2 aliphatic rings. The Morgan fingerprint density at radius 3 is 2.57 bits per heavy atom. The highest BCUT2D eigenvalue weighted by molar-refractivity contribution is 5.91. The Kier molecular flexibility index (Phi) is 5.30. The third-order valence-electron chi connectivity index (χ3n) is 5.99. The molecule has 0 aromatic heterocycles. The summed E-state index contributed by atoms with van der Waals surface area (Å²) < 4.78 is 5.44. The van der Waals surface area contributed by atoms with Gasteiger partial charge in [0, 0.05) is 26.4 Å². The van der Waals surface area contributed by atoms with Crippen molar-refractivity contribution in [2.24, 2.45) is 0 Å². The molecule has 0 saturated carbocycles. The standard InChI is InChI=1S/C23H24N2O5/c1-15(26)30-17-11-20-23(24-13-17,19-10-6-5-9-18(19)22(28)29)12-21(27)25(20)14-16-7-3-2-4-8-16/h2-10,17,20,24H,11-14H2,1H3,(H,28,29)/t17-,20?,23-/m1/s1. The molecule has 7 heteroatoms. The molecule has 2 aromatic rings. The SMILES string of the molecule is CC(=O)O[C@H]1CN[C@@]2(c3ccccc3C(=O)O)CC(=O)N(Cc3ccccc3)C2C1. The van der Waals surface area contributed by atoms with E-state index in [1.165, 1.54) is 6.92 Å². The number of aromatic carboxylic acids is 1. The molecule has 0 radical (unpaired) electrons. The zero-order valence-corrected chi connectivity index (χ0v) is 16.7. The van der Waals surface area contributed by atoms with Gasteiger partial charge in [0.1, 0.15) is 6.10 Å². The minimum absolute atomic E-state index is 0.0555. The van der Waals surface area contributed by atoms with Gasteiger partial charge in [-0.1, -0.05) is 48.5 Å². The maximum atomic E-state index is 13.2. The zero-order chi connectivity index (χ0) is 21.3. The van der Waals surface area contributed by atoms with E-state index in [1.807, 2.05) is 30.3 Å².